The molecule has 3 unspecified atom stereocenters. The van der Waals surface area contributed by atoms with Crippen LogP contribution in [-0.2, 0) is 6.42 Å². The number of fused-ring (bicyclic) bond motifs is 3. The molecule has 0 aliphatic heterocycles. The fourth-order valence-corrected chi connectivity index (χ4v) is 4.99. The Morgan fingerprint density at radius 3 is 2.23 bits per heavy atom. The van der Waals surface area contributed by atoms with Crippen LogP contribution in [0.25, 0.3) is 16.7 Å². The van der Waals surface area contributed by atoms with E-state index in [-0.39, 0.29) is 22.3 Å². The first-order valence-corrected chi connectivity index (χ1v) is 11.2. The zero-order valence-corrected chi connectivity index (χ0v) is 17.9. The van der Waals surface area contributed by atoms with Crippen LogP contribution in [0.4, 0.5) is 17.6 Å². The number of hydrogen-bond donors (Lipinski definition) is 0. The molecule has 0 fully saturated rings. The summed E-state index contributed by atoms with van der Waals surface area (Å²) in [5, 5.41) is 0. The molecule has 2 aromatic rings. The van der Waals surface area contributed by atoms with Crippen LogP contribution in [-0.4, -0.2) is 0 Å². The van der Waals surface area contributed by atoms with E-state index in [4.69, 9.17) is 0 Å². The molecule has 0 spiro atoms. The third-order valence-corrected chi connectivity index (χ3v) is 6.70. The Kier molecular flexibility index (Phi) is 6.36. The number of hydrogen-bond acceptors (Lipinski definition) is 0. The molecule has 0 aromatic heterocycles. The standard InChI is InChI=1S/C27H28F4/c1-3-5-7-16-8-10-17(11-9-16)19-14-15-21-20-13-12-18(6-4-2)24(28)22(20)26(30)27(31)23(21)25(19)29/h3,10,12-16,26-27H,1,4-9,11H2,2H3. The quantitative estimate of drug-likeness (QED) is 0.319. The summed E-state index contributed by atoms with van der Waals surface area (Å²) in [6.45, 7) is 5.65. The summed E-state index contributed by atoms with van der Waals surface area (Å²) in [5.41, 5.74) is 1.49. The summed E-state index contributed by atoms with van der Waals surface area (Å²) in [7, 11) is 0. The second-order valence-electron chi connectivity index (χ2n) is 8.68. The topological polar surface area (TPSA) is 0 Å². The Labute approximate surface area is 181 Å². The first kappa shape index (κ1) is 21.9. The van der Waals surface area contributed by atoms with Gasteiger partial charge in [0, 0.05) is 16.7 Å². The summed E-state index contributed by atoms with van der Waals surface area (Å²) >= 11 is 0. The number of aryl methyl sites for hydroxylation is 1. The molecular formula is C27H28F4. The van der Waals surface area contributed by atoms with Crippen LogP contribution in [0.5, 0.6) is 0 Å². The lowest BCUT2D eigenvalue weighted by Gasteiger charge is -2.29. The van der Waals surface area contributed by atoms with Gasteiger partial charge >= 0.3 is 0 Å². The summed E-state index contributed by atoms with van der Waals surface area (Å²) in [6, 6.07) is 6.46. The lowest BCUT2D eigenvalue weighted by atomic mass is 9.78. The van der Waals surface area contributed by atoms with Crippen molar-refractivity contribution in [2.45, 2.75) is 64.2 Å². The van der Waals surface area contributed by atoms with Gasteiger partial charge in [-0.15, -0.1) is 6.58 Å². The molecule has 0 N–H and O–H groups in total. The highest BCUT2D eigenvalue weighted by molar-refractivity contribution is 5.79. The van der Waals surface area contributed by atoms with Crippen molar-refractivity contribution < 1.29 is 17.6 Å². The van der Waals surface area contributed by atoms with E-state index in [1.165, 1.54) is 0 Å². The van der Waals surface area contributed by atoms with Crippen molar-refractivity contribution in [2.24, 2.45) is 5.92 Å². The van der Waals surface area contributed by atoms with E-state index in [1.54, 1.807) is 24.3 Å². The lowest BCUT2D eigenvalue weighted by Crippen LogP contribution is -2.17. The van der Waals surface area contributed by atoms with E-state index < -0.39 is 24.0 Å². The fourth-order valence-electron chi connectivity index (χ4n) is 4.99. The molecule has 4 rings (SSSR count). The van der Waals surface area contributed by atoms with E-state index in [9.17, 15) is 4.39 Å². The molecule has 4 heteroatoms. The van der Waals surface area contributed by atoms with Gasteiger partial charge in [-0.3, -0.25) is 0 Å². The van der Waals surface area contributed by atoms with Gasteiger partial charge in [0.25, 0.3) is 0 Å². The van der Waals surface area contributed by atoms with Crippen molar-refractivity contribution in [3.8, 4) is 11.1 Å². The first-order chi connectivity index (χ1) is 15.0. The zero-order valence-electron chi connectivity index (χ0n) is 17.9. The molecule has 0 saturated heterocycles. The van der Waals surface area contributed by atoms with Gasteiger partial charge in [-0.05, 0) is 66.7 Å². The van der Waals surface area contributed by atoms with Crippen molar-refractivity contribution in [3.05, 3.63) is 76.9 Å². The van der Waals surface area contributed by atoms with Gasteiger partial charge in [-0.1, -0.05) is 49.8 Å². The number of benzene rings is 2. The molecule has 3 atom stereocenters. The minimum Gasteiger partial charge on any atom is -0.239 e. The number of rotatable bonds is 6. The predicted octanol–water partition coefficient (Wildman–Crippen LogP) is 8.77. The molecule has 0 bridgehead atoms. The highest BCUT2D eigenvalue weighted by Crippen LogP contribution is 2.51. The normalized spacial score (nSPS) is 22.5. The molecule has 2 aromatic carbocycles. The van der Waals surface area contributed by atoms with Crippen LogP contribution in [0, 0.1) is 17.6 Å². The Morgan fingerprint density at radius 2 is 1.61 bits per heavy atom. The summed E-state index contributed by atoms with van der Waals surface area (Å²) < 4.78 is 60.6. The smallest absolute Gasteiger partial charge is 0.164 e. The second-order valence-corrected chi connectivity index (χ2v) is 8.68. The van der Waals surface area contributed by atoms with Gasteiger partial charge in [-0.2, -0.15) is 0 Å². The average Bonchev–Trinajstić information content (AvgIpc) is 2.78. The monoisotopic (exact) mass is 428 g/mol. The van der Waals surface area contributed by atoms with Crippen molar-refractivity contribution in [3.63, 3.8) is 0 Å². The van der Waals surface area contributed by atoms with Crippen LogP contribution in [0.1, 0.15) is 80.0 Å². The van der Waals surface area contributed by atoms with Crippen LogP contribution in [0.3, 0.4) is 0 Å². The maximum absolute atomic E-state index is 15.5. The van der Waals surface area contributed by atoms with Crippen LogP contribution in [0.15, 0.2) is 43.0 Å². The van der Waals surface area contributed by atoms with Gasteiger partial charge in [0.1, 0.15) is 11.6 Å². The Morgan fingerprint density at radius 1 is 0.968 bits per heavy atom. The zero-order chi connectivity index (χ0) is 22.1. The lowest BCUT2D eigenvalue weighted by molar-refractivity contribution is 0.160. The van der Waals surface area contributed by atoms with E-state index in [1.807, 2.05) is 19.1 Å². The minimum atomic E-state index is -2.22. The van der Waals surface area contributed by atoms with Crippen LogP contribution in [0.2, 0.25) is 0 Å². The van der Waals surface area contributed by atoms with Crippen LogP contribution >= 0.6 is 0 Å². The number of alkyl halides is 2. The largest absolute Gasteiger partial charge is 0.239 e. The maximum Gasteiger partial charge on any atom is 0.164 e. The Bertz CT molecular complexity index is 1020. The molecule has 31 heavy (non-hydrogen) atoms. The van der Waals surface area contributed by atoms with Gasteiger partial charge in [-0.25, -0.2) is 17.6 Å². The van der Waals surface area contributed by atoms with Crippen molar-refractivity contribution in [1.82, 2.24) is 0 Å². The number of allylic oxidation sites excluding steroid dienone is 3. The Hall–Kier alpha value is -2.36. The molecule has 0 heterocycles. The van der Waals surface area contributed by atoms with Gasteiger partial charge in [0.15, 0.2) is 12.3 Å². The summed E-state index contributed by atoms with van der Waals surface area (Å²) in [5.74, 6) is -0.879. The van der Waals surface area contributed by atoms with E-state index >= 15 is 13.2 Å². The Balaban J connectivity index is 1.74. The van der Waals surface area contributed by atoms with E-state index in [2.05, 4.69) is 6.58 Å². The van der Waals surface area contributed by atoms with Gasteiger partial charge in [0.05, 0.1) is 0 Å². The highest BCUT2D eigenvalue weighted by atomic mass is 19.2. The van der Waals surface area contributed by atoms with Gasteiger partial charge < -0.3 is 0 Å². The van der Waals surface area contributed by atoms with Crippen LogP contribution < -0.4 is 0 Å². The van der Waals surface area contributed by atoms with E-state index in [0.29, 0.717) is 36.3 Å². The van der Waals surface area contributed by atoms with Crippen molar-refractivity contribution >= 4 is 5.57 Å². The van der Waals surface area contributed by atoms with Crippen molar-refractivity contribution in [2.75, 3.05) is 0 Å². The summed E-state index contributed by atoms with van der Waals surface area (Å²) in [6.07, 6.45) is 5.14. The third kappa shape index (κ3) is 3.86. The summed E-state index contributed by atoms with van der Waals surface area (Å²) in [4.78, 5) is 0. The highest BCUT2D eigenvalue weighted by Gasteiger charge is 2.39. The molecule has 0 nitrogen and oxygen atoms in total. The van der Waals surface area contributed by atoms with E-state index in [0.717, 1.165) is 31.3 Å². The minimum absolute atomic E-state index is 0.250. The molecule has 164 valence electrons. The molecular weight excluding hydrogens is 400 g/mol. The first-order valence-electron chi connectivity index (χ1n) is 11.2. The molecule has 0 saturated carbocycles. The second kappa shape index (κ2) is 9.02. The molecule has 0 amide bonds. The molecule has 2 aliphatic rings. The molecule has 0 radical (unpaired) electrons. The molecule has 2 aliphatic carbocycles. The SMILES string of the molecule is C=CCCC1CC=C(c2ccc3c(c2F)C(F)C(F)c2c-3ccc(CCC)c2F)CC1. The van der Waals surface area contributed by atoms with Gasteiger partial charge in [0.2, 0.25) is 0 Å². The number of halogens is 4. The maximum atomic E-state index is 15.5. The van der Waals surface area contributed by atoms with Crippen molar-refractivity contribution in [1.29, 1.82) is 0 Å². The average molecular weight is 429 g/mol. The fraction of sp³-hybridized carbons (Fsp3) is 0.407. The predicted molar refractivity (Wildman–Crippen MR) is 118 cm³/mol. The third-order valence-electron chi connectivity index (χ3n) is 6.70.